The van der Waals surface area contributed by atoms with Crippen LogP contribution in [0.5, 0.6) is 0 Å². The molecule has 1 amide bonds. The number of amides is 1. The molecule has 0 aliphatic carbocycles. The minimum atomic E-state index is -0.225. The number of nitrogens with zero attached hydrogens (tertiary/aromatic N) is 2. The van der Waals surface area contributed by atoms with Crippen LogP contribution in [0.1, 0.15) is 28.3 Å². The first-order valence-electron chi connectivity index (χ1n) is 8.61. The number of methoxy groups -OCH3 is 1. The highest BCUT2D eigenvalue weighted by Crippen LogP contribution is 2.14. The monoisotopic (exact) mass is 357 g/mol. The van der Waals surface area contributed by atoms with Gasteiger partial charge in [-0.25, -0.2) is 4.98 Å². The second-order valence-electron chi connectivity index (χ2n) is 6.06. The van der Waals surface area contributed by atoms with Crippen molar-refractivity contribution in [2.75, 3.05) is 20.3 Å². The minimum absolute atomic E-state index is 0.132. The molecular weight excluding hydrogens is 334 g/mol. The van der Waals surface area contributed by atoms with E-state index < -0.39 is 0 Å². The van der Waals surface area contributed by atoms with E-state index in [1.807, 2.05) is 24.3 Å². The van der Waals surface area contributed by atoms with Crippen molar-refractivity contribution in [3.63, 3.8) is 0 Å². The number of nitrogens with one attached hydrogen (secondary N) is 1. The molecule has 0 radical (unpaired) electrons. The summed E-state index contributed by atoms with van der Waals surface area (Å²) in [5.41, 5.74) is 1.93. The quantitative estimate of drug-likeness (QED) is 0.813. The Morgan fingerprint density at radius 3 is 2.92 bits per heavy atom. The number of ether oxygens (including phenoxy) is 3. The lowest BCUT2D eigenvalue weighted by molar-refractivity contribution is -0.0743. The Morgan fingerprint density at radius 1 is 1.23 bits per heavy atom. The smallest absolute Gasteiger partial charge is 0.270 e. The predicted octanol–water partition coefficient (Wildman–Crippen LogP) is 1.73. The molecule has 1 saturated heterocycles. The Kier molecular flexibility index (Phi) is 6.65. The SMILES string of the molecule is COCc1cccc(C(=O)N[C@@H]2CCOC[C@H]2OCc2ccccn2)n1. The van der Waals surface area contributed by atoms with E-state index >= 15 is 0 Å². The largest absolute Gasteiger partial charge is 0.379 e. The summed E-state index contributed by atoms with van der Waals surface area (Å²) in [5, 5.41) is 3.02. The molecule has 0 spiro atoms. The van der Waals surface area contributed by atoms with Gasteiger partial charge < -0.3 is 19.5 Å². The summed E-state index contributed by atoms with van der Waals surface area (Å²) in [6.07, 6.45) is 2.20. The molecule has 2 aromatic rings. The molecule has 1 fully saturated rings. The fraction of sp³-hybridized carbons (Fsp3) is 0.421. The molecule has 3 heterocycles. The molecule has 7 nitrogen and oxygen atoms in total. The summed E-state index contributed by atoms with van der Waals surface area (Å²) < 4.78 is 16.5. The third-order valence-electron chi connectivity index (χ3n) is 4.12. The number of hydrogen-bond acceptors (Lipinski definition) is 6. The van der Waals surface area contributed by atoms with Crippen LogP contribution in [0.15, 0.2) is 42.6 Å². The summed E-state index contributed by atoms with van der Waals surface area (Å²) in [6, 6.07) is 10.9. The Labute approximate surface area is 152 Å². The van der Waals surface area contributed by atoms with Crippen molar-refractivity contribution in [2.24, 2.45) is 0 Å². The lowest BCUT2D eigenvalue weighted by atomic mass is 10.1. The molecule has 2 atom stereocenters. The fourth-order valence-corrected chi connectivity index (χ4v) is 2.79. The number of carbonyl (C=O) groups excluding carboxylic acids is 1. The average molecular weight is 357 g/mol. The van der Waals surface area contributed by atoms with Gasteiger partial charge in [-0.05, 0) is 30.7 Å². The van der Waals surface area contributed by atoms with E-state index in [-0.39, 0.29) is 18.1 Å². The summed E-state index contributed by atoms with van der Waals surface area (Å²) in [4.78, 5) is 21.1. The van der Waals surface area contributed by atoms with Gasteiger partial charge in [0.25, 0.3) is 5.91 Å². The van der Waals surface area contributed by atoms with Crippen LogP contribution in [0.2, 0.25) is 0 Å². The maximum absolute atomic E-state index is 12.6. The molecule has 138 valence electrons. The van der Waals surface area contributed by atoms with Crippen molar-refractivity contribution < 1.29 is 19.0 Å². The van der Waals surface area contributed by atoms with Gasteiger partial charge in [-0.15, -0.1) is 0 Å². The molecular formula is C19H23N3O4. The first-order chi connectivity index (χ1) is 12.8. The Morgan fingerprint density at radius 2 is 2.12 bits per heavy atom. The van der Waals surface area contributed by atoms with E-state index in [2.05, 4.69) is 15.3 Å². The molecule has 0 saturated carbocycles. The zero-order valence-electron chi connectivity index (χ0n) is 14.8. The molecule has 0 aromatic carbocycles. The minimum Gasteiger partial charge on any atom is -0.379 e. The van der Waals surface area contributed by atoms with Gasteiger partial charge in [0.1, 0.15) is 11.8 Å². The van der Waals surface area contributed by atoms with Crippen molar-refractivity contribution in [3.8, 4) is 0 Å². The molecule has 1 aliphatic rings. The van der Waals surface area contributed by atoms with Crippen molar-refractivity contribution in [2.45, 2.75) is 31.8 Å². The van der Waals surface area contributed by atoms with Gasteiger partial charge in [0, 0.05) is 19.9 Å². The van der Waals surface area contributed by atoms with E-state index in [0.717, 1.165) is 11.4 Å². The van der Waals surface area contributed by atoms with E-state index in [9.17, 15) is 4.79 Å². The van der Waals surface area contributed by atoms with Crippen molar-refractivity contribution in [1.82, 2.24) is 15.3 Å². The number of carbonyl (C=O) groups is 1. The lowest BCUT2D eigenvalue weighted by Gasteiger charge is -2.32. The Bertz CT molecular complexity index is 711. The molecule has 0 bridgehead atoms. The average Bonchev–Trinajstić information content (AvgIpc) is 2.68. The first-order valence-corrected chi connectivity index (χ1v) is 8.61. The van der Waals surface area contributed by atoms with Crippen LogP contribution in [0.25, 0.3) is 0 Å². The number of aromatic nitrogens is 2. The second kappa shape index (κ2) is 9.38. The third-order valence-corrected chi connectivity index (χ3v) is 4.12. The van der Waals surface area contributed by atoms with E-state index in [4.69, 9.17) is 14.2 Å². The maximum Gasteiger partial charge on any atom is 0.270 e. The van der Waals surface area contributed by atoms with Crippen LogP contribution in [0.4, 0.5) is 0 Å². The van der Waals surface area contributed by atoms with Crippen LogP contribution in [0, 0.1) is 0 Å². The molecule has 7 heteroatoms. The zero-order chi connectivity index (χ0) is 18.2. The first kappa shape index (κ1) is 18.4. The number of pyridine rings is 2. The highest BCUT2D eigenvalue weighted by atomic mass is 16.5. The van der Waals surface area contributed by atoms with Gasteiger partial charge in [-0.2, -0.15) is 0 Å². The summed E-state index contributed by atoms with van der Waals surface area (Å²) in [6.45, 7) is 1.78. The van der Waals surface area contributed by atoms with Crippen LogP contribution < -0.4 is 5.32 Å². The summed E-state index contributed by atoms with van der Waals surface area (Å²) >= 11 is 0. The number of rotatable bonds is 7. The molecule has 1 N–H and O–H groups in total. The van der Waals surface area contributed by atoms with Crippen molar-refractivity contribution in [1.29, 1.82) is 0 Å². The second-order valence-corrected chi connectivity index (χ2v) is 6.06. The van der Waals surface area contributed by atoms with Crippen molar-refractivity contribution >= 4 is 5.91 Å². The normalized spacial score (nSPS) is 19.9. The Balaban J connectivity index is 1.60. The van der Waals surface area contributed by atoms with Gasteiger partial charge in [-0.3, -0.25) is 9.78 Å². The fourth-order valence-electron chi connectivity index (χ4n) is 2.79. The van der Waals surface area contributed by atoms with Crippen LogP contribution in [-0.2, 0) is 27.4 Å². The molecule has 3 rings (SSSR count). The van der Waals surface area contributed by atoms with Crippen LogP contribution >= 0.6 is 0 Å². The molecule has 1 aliphatic heterocycles. The predicted molar refractivity (Wildman–Crippen MR) is 94.5 cm³/mol. The third kappa shape index (κ3) is 5.08. The van der Waals surface area contributed by atoms with E-state index in [1.54, 1.807) is 25.4 Å². The van der Waals surface area contributed by atoms with E-state index in [0.29, 0.717) is 38.5 Å². The van der Waals surface area contributed by atoms with Crippen LogP contribution in [0.3, 0.4) is 0 Å². The lowest BCUT2D eigenvalue weighted by Crippen LogP contribution is -2.50. The highest BCUT2D eigenvalue weighted by molar-refractivity contribution is 5.92. The molecule has 2 aromatic heterocycles. The summed E-state index contributed by atoms with van der Waals surface area (Å²) in [5.74, 6) is -0.221. The van der Waals surface area contributed by atoms with Gasteiger partial charge in [-0.1, -0.05) is 12.1 Å². The van der Waals surface area contributed by atoms with Crippen molar-refractivity contribution in [3.05, 3.63) is 59.7 Å². The topological polar surface area (TPSA) is 82.6 Å². The zero-order valence-corrected chi connectivity index (χ0v) is 14.8. The molecule has 26 heavy (non-hydrogen) atoms. The highest BCUT2D eigenvalue weighted by Gasteiger charge is 2.28. The molecule has 0 unspecified atom stereocenters. The summed E-state index contributed by atoms with van der Waals surface area (Å²) in [7, 11) is 1.60. The standard InChI is InChI=1S/C19H23N3O4/c1-24-11-15-6-4-7-17(21-15)19(23)22-16-8-10-25-13-18(16)26-12-14-5-2-3-9-20-14/h2-7,9,16,18H,8,10-13H2,1H3,(H,22,23)/t16-,18-/m1/s1. The van der Waals surface area contributed by atoms with Gasteiger partial charge >= 0.3 is 0 Å². The number of hydrogen-bond donors (Lipinski definition) is 1. The van der Waals surface area contributed by atoms with Gasteiger partial charge in [0.2, 0.25) is 0 Å². The maximum atomic E-state index is 12.6. The Hall–Kier alpha value is -2.35. The van der Waals surface area contributed by atoms with E-state index in [1.165, 1.54) is 0 Å². The van der Waals surface area contributed by atoms with Crippen LogP contribution in [-0.4, -0.2) is 48.3 Å². The van der Waals surface area contributed by atoms with Gasteiger partial charge in [0.15, 0.2) is 0 Å². The van der Waals surface area contributed by atoms with Gasteiger partial charge in [0.05, 0.1) is 37.3 Å².